The van der Waals surface area contributed by atoms with Crippen molar-refractivity contribution in [3.8, 4) is 0 Å². The Kier molecular flexibility index (Phi) is 2.22. The highest BCUT2D eigenvalue weighted by molar-refractivity contribution is 5.89. The number of hydrogen-bond acceptors (Lipinski definition) is 3. The summed E-state index contributed by atoms with van der Waals surface area (Å²) in [5, 5.41) is 6.13. The minimum atomic E-state index is 0.00755. The van der Waals surface area contributed by atoms with Crippen molar-refractivity contribution in [2.75, 3.05) is 13.1 Å². The Morgan fingerprint density at radius 2 is 2.08 bits per heavy atom. The van der Waals surface area contributed by atoms with Crippen LogP contribution in [0.25, 0.3) is 0 Å². The van der Waals surface area contributed by atoms with E-state index in [-0.39, 0.29) is 12.2 Å². The SMILES string of the molecule is CC1=CC(=O)NC(N2CCCC2)N1. The zero-order valence-electron chi connectivity index (χ0n) is 7.84. The maximum absolute atomic E-state index is 11.2. The highest BCUT2D eigenvalue weighted by atomic mass is 16.2. The molecule has 0 aliphatic carbocycles. The van der Waals surface area contributed by atoms with Crippen molar-refractivity contribution in [1.29, 1.82) is 0 Å². The molecule has 4 nitrogen and oxygen atoms in total. The zero-order valence-corrected chi connectivity index (χ0v) is 7.84. The number of likely N-dealkylation sites (tertiary alicyclic amines) is 1. The maximum atomic E-state index is 11.2. The van der Waals surface area contributed by atoms with E-state index >= 15 is 0 Å². The van der Waals surface area contributed by atoms with Crippen LogP contribution in [0.1, 0.15) is 19.8 Å². The Hall–Kier alpha value is -1.03. The molecule has 2 rings (SSSR count). The van der Waals surface area contributed by atoms with Gasteiger partial charge in [-0.15, -0.1) is 0 Å². The largest absolute Gasteiger partial charge is 0.356 e. The number of carbonyl (C=O) groups is 1. The molecule has 0 saturated carbocycles. The third kappa shape index (κ3) is 1.83. The van der Waals surface area contributed by atoms with Gasteiger partial charge in [-0.1, -0.05) is 0 Å². The summed E-state index contributed by atoms with van der Waals surface area (Å²) in [6.45, 7) is 4.07. The van der Waals surface area contributed by atoms with Gasteiger partial charge >= 0.3 is 0 Å². The minimum Gasteiger partial charge on any atom is -0.356 e. The molecule has 2 aliphatic heterocycles. The van der Waals surface area contributed by atoms with E-state index in [4.69, 9.17) is 0 Å². The summed E-state index contributed by atoms with van der Waals surface area (Å²) in [6.07, 6.45) is 4.07. The number of nitrogens with zero attached hydrogens (tertiary/aromatic N) is 1. The van der Waals surface area contributed by atoms with Crippen molar-refractivity contribution in [2.24, 2.45) is 0 Å². The average Bonchev–Trinajstić information content (AvgIpc) is 2.53. The van der Waals surface area contributed by atoms with E-state index < -0.39 is 0 Å². The van der Waals surface area contributed by atoms with Gasteiger partial charge in [0.25, 0.3) is 0 Å². The lowest BCUT2D eigenvalue weighted by Gasteiger charge is -2.32. The number of allylic oxidation sites excluding steroid dienone is 1. The first-order chi connectivity index (χ1) is 6.25. The number of hydrogen-bond donors (Lipinski definition) is 2. The van der Waals surface area contributed by atoms with Crippen molar-refractivity contribution < 1.29 is 4.79 Å². The van der Waals surface area contributed by atoms with Crippen LogP contribution < -0.4 is 10.6 Å². The van der Waals surface area contributed by atoms with Crippen molar-refractivity contribution in [3.05, 3.63) is 11.8 Å². The van der Waals surface area contributed by atoms with Crippen LogP contribution in [0.4, 0.5) is 0 Å². The van der Waals surface area contributed by atoms with E-state index in [0.717, 1.165) is 18.8 Å². The van der Waals surface area contributed by atoms with Crippen LogP contribution in [-0.2, 0) is 4.79 Å². The minimum absolute atomic E-state index is 0.00755. The zero-order chi connectivity index (χ0) is 9.26. The summed E-state index contributed by atoms with van der Waals surface area (Å²) in [4.78, 5) is 13.4. The molecule has 4 heteroatoms. The summed E-state index contributed by atoms with van der Waals surface area (Å²) >= 11 is 0. The number of nitrogens with one attached hydrogen (secondary N) is 2. The summed E-state index contributed by atoms with van der Waals surface area (Å²) in [6, 6.07) is 0. The molecule has 72 valence electrons. The Balaban J connectivity index is 2.01. The van der Waals surface area contributed by atoms with E-state index in [1.807, 2.05) is 6.92 Å². The summed E-state index contributed by atoms with van der Waals surface area (Å²) in [5.74, 6) is 0.00755. The Morgan fingerprint density at radius 3 is 2.69 bits per heavy atom. The van der Waals surface area contributed by atoms with Crippen LogP contribution in [0.5, 0.6) is 0 Å². The molecule has 2 N–H and O–H groups in total. The van der Waals surface area contributed by atoms with Gasteiger partial charge in [-0.25, -0.2) is 0 Å². The maximum Gasteiger partial charge on any atom is 0.248 e. The molecule has 0 aromatic rings. The van der Waals surface area contributed by atoms with E-state index in [9.17, 15) is 4.79 Å². The third-order valence-electron chi connectivity index (χ3n) is 2.50. The van der Waals surface area contributed by atoms with Gasteiger partial charge in [-0.05, 0) is 19.8 Å². The highest BCUT2D eigenvalue weighted by Crippen LogP contribution is 2.11. The van der Waals surface area contributed by atoms with Gasteiger partial charge < -0.3 is 10.6 Å². The Labute approximate surface area is 78.0 Å². The first-order valence-corrected chi connectivity index (χ1v) is 4.75. The predicted octanol–water partition coefficient (Wildman–Crippen LogP) is -0.0110. The molecule has 1 saturated heterocycles. The van der Waals surface area contributed by atoms with Crippen LogP contribution in [-0.4, -0.2) is 30.2 Å². The first-order valence-electron chi connectivity index (χ1n) is 4.75. The van der Waals surface area contributed by atoms with Gasteiger partial charge in [0.2, 0.25) is 5.91 Å². The fraction of sp³-hybridized carbons (Fsp3) is 0.667. The standard InChI is InChI=1S/C9H15N3O/c1-7-6-8(13)11-9(10-7)12-4-2-3-5-12/h6,9-10H,2-5H2,1H3,(H,11,13). The van der Waals surface area contributed by atoms with Gasteiger partial charge in [-0.2, -0.15) is 0 Å². The van der Waals surface area contributed by atoms with Crippen LogP contribution in [0.3, 0.4) is 0 Å². The van der Waals surface area contributed by atoms with E-state index in [1.54, 1.807) is 6.08 Å². The van der Waals surface area contributed by atoms with Gasteiger partial charge in [0, 0.05) is 24.9 Å². The van der Waals surface area contributed by atoms with Crippen molar-refractivity contribution in [2.45, 2.75) is 26.1 Å². The second-order valence-corrected chi connectivity index (χ2v) is 3.63. The molecule has 1 amide bonds. The molecule has 1 unspecified atom stereocenters. The van der Waals surface area contributed by atoms with Crippen LogP contribution >= 0.6 is 0 Å². The molecule has 0 spiro atoms. The third-order valence-corrected chi connectivity index (χ3v) is 2.50. The molecule has 0 bridgehead atoms. The van der Waals surface area contributed by atoms with Crippen LogP contribution in [0.2, 0.25) is 0 Å². The second kappa shape index (κ2) is 3.38. The molecule has 1 fully saturated rings. The lowest BCUT2D eigenvalue weighted by Crippen LogP contribution is -2.57. The smallest absolute Gasteiger partial charge is 0.248 e. The van der Waals surface area contributed by atoms with Crippen LogP contribution in [0, 0.1) is 0 Å². The van der Waals surface area contributed by atoms with E-state index in [2.05, 4.69) is 15.5 Å². The van der Waals surface area contributed by atoms with E-state index in [1.165, 1.54) is 12.8 Å². The van der Waals surface area contributed by atoms with Crippen molar-refractivity contribution >= 4 is 5.91 Å². The topological polar surface area (TPSA) is 44.4 Å². The first kappa shape index (κ1) is 8.56. The molecule has 0 radical (unpaired) electrons. The molecular formula is C9H15N3O. The van der Waals surface area contributed by atoms with Gasteiger partial charge in [0.15, 0.2) is 6.29 Å². The quantitative estimate of drug-likeness (QED) is 0.598. The molecular weight excluding hydrogens is 166 g/mol. The van der Waals surface area contributed by atoms with Crippen LogP contribution in [0.15, 0.2) is 11.8 Å². The van der Waals surface area contributed by atoms with Crippen molar-refractivity contribution in [1.82, 2.24) is 15.5 Å². The summed E-state index contributed by atoms with van der Waals surface area (Å²) in [7, 11) is 0. The molecule has 1 atom stereocenters. The Morgan fingerprint density at radius 1 is 1.38 bits per heavy atom. The second-order valence-electron chi connectivity index (χ2n) is 3.63. The highest BCUT2D eigenvalue weighted by Gasteiger charge is 2.24. The van der Waals surface area contributed by atoms with E-state index in [0.29, 0.717) is 0 Å². The van der Waals surface area contributed by atoms with Gasteiger partial charge in [0.1, 0.15) is 0 Å². The molecule has 13 heavy (non-hydrogen) atoms. The molecule has 2 heterocycles. The monoisotopic (exact) mass is 181 g/mol. The Bertz CT molecular complexity index is 243. The molecule has 2 aliphatic rings. The average molecular weight is 181 g/mol. The molecule has 0 aromatic carbocycles. The van der Waals surface area contributed by atoms with Gasteiger partial charge in [0.05, 0.1) is 0 Å². The number of amides is 1. The number of rotatable bonds is 1. The lowest BCUT2D eigenvalue weighted by atomic mass is 10.3. The normalized spacial score (nSPS) is 29.5. The van der Waals surface area contributed by atoms with Crippen molar-refractivity contribution in [3.63, 3.8) is 0 Å². The lowest BCUT2D eigenvalue weighted by molar-refractivity contribution is -0.119. The summed E-state index contributed by atoms with van der Waals surface area (Å²) in [5.41, 5.74) is 0.945. The predicted molar refractivity (Wildman–Crippen MR) is 49.6 cm³/mol. The molecule has 0 aromatic heterocycles. The fourth-order valence-electron chi connectivity index (χ4n) is 1.85. The number of carbonyl (C=O) groups excluding carboxylic acids is 1. The summed E-state index contributed by atoms with van der Waals surface area (Å²) < 4.78 is 0. The fourth-order valence-corrected chi connectivity index (χ4v) is 1.85. The van der Waals surface area contributed by atoms with Gasteiger partial charge in [-0.3, -0.25) is 9.69 Å².